The summed E-state index contributed by atoms with van der Waals surface area (Å²) in [6.07, 6.45) is 3.05. The number of nitrogens with zero attached hydrogens (tertiary/aromatic N) is 1. The lowest BCUT2D eigenvalue weighted by Gasteiger charge is -2.50. The Morgan fingerprint density at radius 2 is 2.22 bits per heavy atom. The quantitative estimate of drug-likeness (QED) is 0.368. The second-order valence-electron chi connectivity index (χ2n) is 7.76. The minimum absolute atomic E-state index is 0.259. The number of piperidine rings is 1. The number of para-hydroxylation sites is 1. The van der Waals surface area contributed by atoms with Crippen molar-refractivity contribution in [3.8, 4) is 0 Å². The number of carbonyl (C=O) groups excluding carboxylic acids is 1. The summed E-state index contributed by atoms with van der Waals surface area (Å²) in [5.74, 6) is -0.708. The van der Waals surface area contributed by atoms with E-state index in [2.05, 4.69) is 4.98 Å². The number of hydroxylamine groups is 3. The van der Waals surface area contributed by atoms with Gasteiger partial charge in [-0.3, -0.25) is 4.79 Å². The summed E-state index contributed by atoms with van der Waals surface area (Å²) in [7, 11) is 1.36. The second-order valence-corrected chi connectivity index (χ2v) is 7.76. The van der Waals surface area contributed by atoms with E-state index in [4.69, 9.17) is 4.74 Å². The summed E-state index contributed by atoms with van der Waals surface area (Å²) in [5.41, 5.74) is 2.28. The van der Waals surface area contributed by atoms with Gasteiger partial charge in [0, 0.05) is 35.4 Å². The maximum atomic E-state index is 13.3. The molecule has 3 aliphatic rings. The van der Waals surface area contributed by atoms with Crippen LogP contribution in [0.3, 0.4) is 0 Å². The van der Waals surface area contributed by atoms with Crippen LogP contribution in [-0.2, 0) is 21.4 Å². The Bertz CT molecular complexity index is 918. The summed E-state index contributed by atoms with van der Waals surface area (Å²) < 4.78 is 4.93. The summed E-state index contributed by atoms with van der Waals surface area (Å²) in [5, 5.41) is 24.9. The number of hydrogen-bond acceptors (Lipinski definition) is 4. The molecule has 6 nitrogen and oxygen atoms in total. The zero-order chi connectivity index (χ0) is 19.2. The smallest absolute Gasteiger partial charge is 0.320 e. The van der Waals surface area contributed by atoms with E-state index < -0.39 is 11.4 Å². The van der Waals surface area contributed by atoms with E-state index in [9.17, 15) is 15.1 Å². The molecule has 0 spiro atoms. The molecule has 3 unspecified atom stereocenters. The number of fused-ring (bicyclic) bond motifs is 4. The van der Waals surface area contributed by atoms with Crippen molar-refractivity contribution in [3.05, 3.63) is 52.4 Å². The Kier molecular flexibility index (Phi) is 4.37. The van der Waals surface area contributed by atoms with Gasteiger partial charge in [-0.25, -0.2) is 0 Å². The van der Waals surface area contributed by atoms with Crippen LogP contribution < -0.4 is 0 Å². The van der Waals surface area contributed by atoms with Crippen molar-refractivity contribution in [1.29, 1.82) is 0 Å². The number of methoxy groups -OCH3 is 1. The largest absolute Gasteiger partial charge is 0.633 e. The number of ether oxygens (including phenoxy) is 1. The molecule has 4 heterocycles. The highest BCUT2D eigenvalue weighted by molar-refractivity contribution is 5.91. The molecule has 0 aliphatic carbocycles. The monoisotopic (exact) mass is 370 g/mol. The average Bonchev–Trinajstić information content (AvgIpc) is 3.09. The molecule has 1 saturated heterocycles. The minimum Gasteiger partial charge on any atom is -0.633 e. The van der Waals surface area contributed by atoms with Crippen LogP contribution in [0.25, 0.3) is 10.9 Å². The van der Waals surface area contributed by atoms with E-state index in [-0.39, 0.29) is 17.2 Å². The van der Waals surface area contributed by atoms with Crippen LogP contribution in [-0.4, -0.2) is 54.1 Å². The minimum atomic E-state index is -1.22. The van der Waals surface area contributed by atoms with Gasteiger partial charge in [-0.1, -0.05) is 24.3 Å². The highest BCUT2D eigenvalue weighted by Gasteiger charge is 2.55. The number of nitrogens with one attached hydrogen (secondary N) is 1. The van der Waals surface area contributed by atoms with E-state index in [1.165, 1.54) is 7.11 Å². The summed E-state index contributed by atoms with van der Waals surface area (Å²) in [6, 6.07) is 7.86. The number of aliphatic hydroxyl groups excluding tert-OH is 1. The van der Waals surface area contributed by atoms with Gasteiger partial charge in [0.15, 0.2) is 0 Å². The zero-order valence-corrected chi connectivity index (χ0v) is 15.8. The lowest BCUT2D eigenvalue weighted by Crippen LogP contribution is -2.56. The maximum Gasteiger partial charge on any atom is 0.320 e. The highest BCUT2D eigenvalue weighted by atomic mass is 16.5. The molecule has 1 aromatic heterocycles. The first-order valence-electron chi connectivity index (χ1n) is 9.50. The molecule has 0 saturated carbocycles. The van der Waals surface area contributed by atoms with Crippen LogP contribution in [0.1, 0.15) is 24.6 Å². The van der Waals surface area contributed by atoms with Crippen molar-refractivity contribution in [2.75, 3.05) is 33.4 Å². The number of allylic oxidation sites excluding steroid dienone is 1. The van der Waals surface area contributed by atoms with E-state index in [0.29, 0.717) is 38.2 Å². The van der Waals surface area contributed by atoms with Crippen LogP contribution in [0.15, 0.2) is 35.9 Å². The Balaban J connectivity index is 2.06. The Labute approximate surface area is 158 Å². The predicted octanol–water partition coefficient (Wildman–Crippen LogP) is 2.41. The van der Waals surface area contributed by atoms with E-state index in [1.807, 2.05) is 37.3 Å². The van der Waals surface area contributed by atoms with Crippen molar-refractivity contribution in [3.63, 3.8) is 0 Å². The molecule has 144 valence electrons. The SMILES string of the molecule is C/C=C1/C[N+]2([O-])CCc3c([nH]c4ccccc34)C(CO)(C(=O)OC)C1CC2. The Hall–Kier alpha value is -2.15. The summed E-state index contributed by atoms with van der Waals surface area (Å²) in [6.45, 7) is 2.81. The number of H-pyrrole nitrogens is 1. The van der Waals surface area contributed by atoms with Gasteiger partial charge in [-0.15, -0.1) is 0 Å². The van der Waals surface area contributed by atoms with Crippen molar-refractivity contribution < 1.29 is 19.3 Å². The molecule has 2 N–H and O–H groups in total. The molecular weight excluding hydrogens is 344 g/mol. The van der Waals surface area contributed by atoms with Gasteiger partial charge in [-0.2, -0.15) is 0 Å². The molecule has 27 heavy (non-hydrogen) atoms. The molecule has 0 amide bonds. The molecule has 0 radical (unpaired) electrons. The maximum absolute atomic E-state index is 13.3. The number of aliphatic hydroxyl groups is 1. The van der Waals surface area contributed by atoms with E-state index >= 15 is 0 Å². The number of benzene rings is 1. The normalized spacial score (nSPS) is 32.0. The number of quaternary nitrogens is 1. The number of esters is 1. The first kappa shape index (κ1) is 18.2. The topological polar surface area (TPSA) is 85.4 Å². The number of aromatic nitrogens is 1. The van der Waals surface area contributed by atoms with Gasteiger partial charge in [0.05, 0.1) is 26.8 Å². The van der Waals surface area contributed by atoms with Crippen LogP contribution >= 0.6 is 0 Å². The lowest BCUT2D eigenvalue weighted by atomic mass is 9.66. The summed E-state index contributed by atoms with van der Waals surface area (Å²) >= 11 is 0. The number of hydrogen-bond donors (Lipinski definition) is 2. The Morgan fingerprint density at radius 3 is 2.93 bits per heavy atom. The highest BCUT2D eigenvalue weighted by Crippen LogP contribution is 2.47. The molecule has 2 bridgehead atoms. The zero-order valence-electron chi connectivity index (χ0n) is 15.8. The third-order valence-corrected chi connectivity index (χ3v) is 6.54. The van der Waals surface area contributed by atoms with Gasteiger partial charge in [-0.05, 0) is 24.1 Å². The predicted molar refractivity (Wildman–Crippen MR) is 103 cm³/mol. The third-order valence-electron chi connectivity index (χ3n) is 6.54. The number of rotatable bonds is 2. The van der Waals surface area contributed by atoms with Gasteiger partial charge >= 0.3 is 5.97 Å². The van der Waals surface area contributed by atoms with Crippen LogP contribution in [0.2, 0.25) is 0 Å². The second kappa shape index (κ2) is 6.48. The van der Waals surface area contributed by atoms with Crippen molar-refractivity contribution >= 4 is 16.9 Å². The molecular formula is C21H26N2O4. The van der Waals surface area contributed by atoms with Gasteiger partial charge in [0.1, 0.15) is 12.0 Å². The molecule has 2 aromatic rings. The van der Waals surface area contributed by atoms with Gasteiger partial charge in [0.25, 0.3) is 0 Å². The van der Waals surface area contributed by atoms with Crippen molar-refractivity contribution in [2.45, 2.75) is 25.2 Å². The van der Waals surface area contributed by atoms with Crippen molar-refractivity contribution in [2.24, 2.45) is 5.92 Å². The van der Waals surface area contributed by atoms with Crippen molar-refractivity contribution in [1.82, 2.24) is 4.98 Å². The first-order chi connectivity index (χ1) is 13.0. The van der Waals surface area contributed by atoms with Crippen LogP contribution in [0.5, 0.6) is 0 Å². The fourth-order valence-corrected chi connectivity index (χ4v) is 5.13. The molecule has 6 heteroatoms. The van der Waals surface area contributed by atoms with Gasteiger partial charge < -0.3 is 24.7 Å². The molecule has 5 rings (SSSR count). The van der Waals surface area contributed by atoms with Crippen LogP contribution in [0, 0.1) is 11.1 Å². The van der Waals surface area contributed by atoms with Crippen LogP contribution in [0.4, 0.5) is 0 Å². The Morgan fingerprint density at radius 1 is 1.44 bits per heavy atom. The number of carbonyl (C=O) groups is 1. The third kappa shape index (κ3) is 2.55. The van der Waals surface area contributed by atoms with E-state index in [1.54, 1.807) is 0 Å². The average molecular weight is 370 g/mol. The fraction of sp³-hybridized carbons (Fsp3) is 0.476. The number of aromatic amines is 1. The standard InChI is InChI=1S/C21H26N2O4/c1-3-14-12-23(26)10-8-16-15-6-4-5-7-18(15)22-19(16)21(13-24,20(25)27-2)17(14)9-11-23/h3-7,17,22,24H,8-13H2,1-2H3/b14-3-. The summed E-state index contributed by atoms with van der Waals surface area (Å²) in [4.78, 5) is 16.6. The lowest BCUT2D eigenvalue weighted by molar-refractivity contribution is -0.880. The molecule has 1 fully saturated rings. The van der Waals surface area contributed by atoms with E-state index in [0.717, 1.165) is 22.0 Å². The molecule has 1 aromatic carbocycles. The van der Waals surface area contributed by atoms with Gasteiger partial charge in [0.2, 0.25) is 0 Å². The fourth-order valence-electron chi connectivity index (χ4n) is 5.13. The first-order valence-corrected chi connectivity index (χ1v) is 9.50. The molecule has 3 aliphatic heterocycles. The molecule has 3 atom stereocenters.